The maximum atomic E-state index is 2.71. The van der Waals surface area contributed by atoms with E-state index in [1.807, 2.05) is 10.4 Å². The number of hydrogen-bond donors (Lipinski definition) is 0. The van der Waals surface area contributed by atoms with Crippen LogP contribution in [-0.2, 0) is 23.2 Å². The molecule has 0 saturated heterocycles. The molecular formula is C34H46SiZr. The van der Waals surface area contributed by atoms with E-state index in [-0.39, 0.29) is 0 Å². The molecule has 0 nitrogen and oxygen atoms in total. The molecule has 2 aliphatic carbocycles. The Balaban J connectivity index is 1.86. The molecule has 1 aliphatic heterocycles. The van der Waals surface area contributed by atoms with Crippen molar-refractivity contribution in [3.05, 3.63) is 79.9 Å². The van der Waals surface area contributed by atoms with E-state index in [1.54, 1.807) is 55.7 Å². The second-order valence-corrected chi connectivity index (χ2v) is 21.4. The van der Waals surface area contributed by atoms with E-state index in [4.69, 9.17) is 0 Å². The van der Waals surface area contributed by atoms with Crippen LogP contribution in [-0.4, -0.2) is 8.07 Å². The molecule has 2 atom stereocenters. The normalized spacial score (nSPS) is 22.0. The molecule has 2 aromatic carbocycles. The number of hydrogen-bond acceptors (Lipinski definition) is 0. The van der Waals surface area contributed by atoms with Gasteiger partial charge in [-0.15, -0.1) is 0 Å². The Morgan fingerprint density at radius 3 is 1.25 bits per heavy atom. The van der Waals surface area contributed by atoms with Gasteiger partial charge in [0.1, 0.15) is 0 Å². The molecule has 2 heteroatoms. The van der Waals surface area contributed by atoms with Gasteiger partial charge in [-0.25, -0.2) is 0 Å². The van der Waals surface area contributed by atoms with Gasteiger partial charge in [0.2, 0.25) is 0 Å². The fourth-order valence-electron chi connectivity index (χ4n) is 8.08. The van der Waals surface area contributed by atoms with Crippen LogP contribution in [0.4, 0.5) is 0 Å². The van der Waals surface area contributed by atoms with Crippen molar-refractivity contribution in [2.45, 2.75) is 113 Å². The molecule has 0 saturated carbocycles. The summed E-state index contributed by atoms with van der Waals surface area (Å²) in [5, 5.41) is 3.64. The SMILES string of the molecule is CC1=C2c3c(ccc(C(C)C)c3C(C)C)[CH]1[Zr][CH]1C(C)=C(c3c1ccc(C(C)C)c3C(C)C)[Si]2(C)C. The Labute approximate surface area is 233 Å². The maximum absolute atomic E-state index is 2.71. The fourth-order valence-corrected chi connectivity index (χ4v) is 17.9. The first-order valence-electron chi connectivity index (χ1n) is 14.3. The van der Waals surface area contributed by atoms with E-state index in [0.717, 1.165) is 7.25 Å². The van der Waals surface area contributed by atoms with Gasteiger partial charge in [-0.1, -0.05) is 0 Å². The molecule has 0 aromatic heterocycles. The Bertz CT molecular complexity index is 1220. The van der Waals surface area contributed by atoms with Gasteiger partial charge in [-0.2, -0.15) is 0 Å². The van der Waals surface area contributed by atoms with Crippen molar-refractivity contribution in [2.75, 3.05) is 0 Å². The monoisotopic (exact) mass is 572 g/mol. The number of benzene rings is 2. The molecule has 0 fully saturated rings. The van der Waals surface area contributed by atoms with Crippen molar-refractivity contribution < 1.29 is 23.2 Å². The van der Waals surface area contributed by atoms with Gasteiger partial charge in [0, 0.05) is 0 Å². The third-order valence-electron chi connectivity index (χ3n) is 9.38. The topological polar surface area (TPSA) is 0 Å². The summed E-state index contributed by atoms with van der Waals surface area (Å²) in [5.74, 6) is 2.27. The molecule has 0 N–H and O–H groups in total. The number of allylic oxidation sites excluding steroid dienone is 2. The zero-order chi connectivity index (χ0) is 26.4. The van der Waals surface area contributed by atoms with Crippen LogP contribution in [0, 0.1) is 0 Å². The average molecular weight is 574 g/mol. The van der Waals surface area contributed by atoms with Crippen LogP contribution < -0.4 is 0 Å². The van der Waals surface area contributed by atoms with E-state index in [9.17, 15) is 0 Å². The molecule has 2 unspecified atom stereocenters. The van der Waals surface area contributed by atoms with Crippen molar-refractivity contribution in [2.24, 2.45) is 0 Å². The van der Waals surface area contributed by atoms with E-state index in [2.05, 4.69) is 107 Å². The summed E-state index contributed by atoms with van der Waals surface area (Å²) in [5.41, 5.74) is 16.9. The first kappa shape index (κ1) is 26.6. The predicted octanol–water partition coefficient (Wildman–Crippen LogP) is 10.4. The fraction of sp³-hybridized carbons (Fsp3) is 0.529. The van der Waals surface area contributed by atoms with E-state index >= 15 is 0 Å². The van der Waals surface area contributed by atoms with Crippen molar-refractivity contribution in [3.8, 4) is 0 Å². The zero-order valence-corrected chi connectivity index (χ0v) is 28.2. The third-order valence-corrected chi connectivity index (χ3v) is 18.5. The van der Waals surface area contributed by atoms with Crippen LogP contribution in [0.25, 0.3) is 10.4 Å². The van der Waals surface area contributed by atoms with Gasteiger partial charge >= 0.3 is 235 Å². The second kappa shape index (κ2) is 9.05. The van der Waals surface area contributed by atoms with Crippen molar-refractivity contribution >= 4 is 18.5 Å². The van der Waals surface area contributed by atoms with Gasteiger partial charge in [-0.05, 0) is 0 Å². The molecule has 0 amide bonds. The Morgan fingerprint density at radius 1 is 0.583 bits per heavy atom. The molecule has 0 radical (unpaired) electrons. The predicted molar refractivity (Wildman–Crippen MR) is 157 cm³/mol. The molecule has 3 aliphatic rings. The second-order valence-electron chi connectivity index (χ2n) is 13.5. The first-order valence-corrected chi connectivity index (χ1v) is 20.2. The minimum atomic E-state index is -1.96. The first-order chi connectivity index (χ1) is 16.8. The Kier molecular flexibility index (Phi) is 6.69. The van der Waals surface area contributed by atoms with E-state index in [1.165, 1.54) is 0 Å². The molecule has 1 heterocycles. The Hall–Kier alpha value is -0.980. The van der Waals surface area contributed by atoms with Crippen LogP contribution in [0.3, 0.4) is 0 Å². The van der Waals surface area contributed by atoms with Gasteiger partial charge in [-0.3, -0.25) is 0 Å². The van der Waals surface area contributed by atoms with Gasteiger partial charge < -0.3 is 0 Å². The van der Waals surface area contributed by atoms with Crippen molar-refractivity contribution in [1.82, 2.24) is 0 Å². The van der Waals surface area contributed by atoms with Crippen LogP contribution in [0.5, 0.6) is 0 Å². The van der Waals surface area contributed by atoms with Gasteiger partial charge in [0.25, 0.3) is 0 Å². The molecular weight excluding hydrogens is 528 g/mol. The zero-order valence-electron chi connectivity index (χ0n) is 24.8. The molecule has 5 rings (SSSR count). The number of rotatable bonds is 4. The van der Waals surface area contributed by atoms with Gasteiger partial charge in [0.05, 0.1) is 0 Å². The van der Waals surface area contributed by atoms with Crippen LogP contribution in [0.15, 0.2) is 35.4 Å². The summed E-state index contributed by atoms with van der Waals surface area (Å²) in [4.78, 5) is 0. The summed E-state index contributed by atoms with van der Waals surface area (Å²) in [6, 6.07) is 10.2. The molecule has 36 heavy (non-hydrogen) atoms. The summed E-state index contributed by atoms with van der Waals surface area (Å²) >= 11 is -0.809. The van der Waals surface area contributed by atoms with Crippen LogP contribution in [0.1, 0.15) is 145 Å². The molecule has 4 bridgehead atoms. The molecule has 2 aromatic rings. The molecule has 190 valence electrons. The quantitative estimate of drug-likeness (QED) is 0.319. The van der Waals surface area contributed by atoms with Crippen molar-refractivity contribution in [1.29, 1.82) is 0 Å². The summed E-state index contributed by atoms with van der Waals surface area (Å²) in [6.45, 7) is 29.8. The van der Waals surface area contributed by atoms with E-state index in [0.29, 0.717) is 23.7 Å². The Morgan fingerprint density at radius 2 is 0.944 bits per heavy atom. The van der Waals surface area contributed by atoms with Crippen LogP contribution >= 0.6 is 0 Å². The summed E-state index contributed by atoms with van der Waals surface area (Å²) < 4.78 is 1.45. The van der Waals surface area contributed by atoms with Crippen molar-refractivity contribution in [3.63, 3.8) is 0 Å². The standard InChI is InChI=1S/C34H46Si.Zr/c1-19(2)27-15-13-25-17-23(9)33(31(25)29(27)21(5)6)35(11,12)34-24(10)18-26-14-16-28(20(3)4)30(22(7)8)32(26)34;/h13-22H,1-12H3;. The summed E-state index contributed by atoms with van der Waals surface area (Å²) in [6.07, 6.45) is 0. The molecule has 0 spiro atoms. The van der Waals surface area contributed by atoms with Gasteiger partial charge in [0.15, 0.2) is 0 Å². The average Bonchev–Trinajstić information content (AvgIpc) is 3.24. The van der Waals surface area contributed by atoms with E-state index < -0.39 is 31.3 Å². The minimum absolute atomic E-state index is 0.563. The summed E-state index contributed by atoms with van der Waals surface area (Å²) in [7, 11) is -1.96. The number of fused-ring (bicyclic) bond motifs is 8. The van der Waals surface area contributed by atoms with Crippen LogP contribution in [0.2, 0.25) is 13.1 Å². The third kappa shape index (κ3) is 3.60.